The number of benzene rings is 1. The molecular formula is C21H26N6. The second kappa shape index (κ2) is 6.22. The molecule has 2 saturated heterocycles. The van der Waals surface area contributed by atoms with Gasteiger partial charge in [-0.3, -0.25) is 0 Å². The number of nitrogens with zero attached hydrogens (tertiary/aromatic N) is 6. The summed E-state index contributed by atoms with van der Waals surface area (Å²) in [7, 11) is 2.12. The Hall–Kier alpha value is -2.63. The van der Waals surface area contributed by atoms with Gasteiger partial charge in [0, 0.05) is 38.8 Å². The number of anilines is 2. The number of imidazole rings is 1. The SMILES string of the molecule is Cc1nc(N2CC(c3nc4ccccc4n3C)C2)cc(N2CCCC2C)n1. The minimum atomic E-state index is 0.451. The Morgan fingerprint density at radius 2 is 1.81 bits per heavy atom. The third-order valence-electron chi connectivity index (χ3n) is 6.05. The number of para-hydroxylation sites is 2. The highest BCUT2D eigenvalue weighted by atomic mass is 15.3. The molecule has 6 nitrogen and oxygen atoms in total. The van der Waals surface area contributed by atoms with Crippen LogP contribution in [0.25, 0.3) is 11.0 Å². The molecule has 5 rings (SSSR count). The summed E-state index contributed by atoms with van der Waals surface area (Å²) in [6, 6.07) is 11.1. The molecule has 1 unspecified atom stereocenters. The molecule has 27 heavy (non-hydrogen) atoms. The minimum absolute atomic E-state index is 0.451. The molecule has 3 aromatic rings. The van der Waals surface area contributed by atoms with Crippen LogP contribution in [0.1, 0.15) is 37.3 Å². The van der Waals surface area contributed by atoms with Crippen LogP contribution in [0, 0.1) is 6.92 Å². The Bertz CT molecular complexity index is 988. The van der Waals surface area contributed by atoms with Gasteiger partial charge in [0.05, 0.1) is 17.0 Å². The summed E-state index contributed by atoms with van der Waals surface area (Å²) in [5, 5.41) is 0. The second-order valence-electron chi connectivity index (χ2n) is 7.94. The highest BCUT2D eigenvalue weighted by Crippen LogP contribution is 2.33. The predicted octanol–water partition coefficient (Wildman–Crippen LogP) is 3.26. The third kappa shape index (κ3) is 2.74. The maximum atomic E-state index is 4.87. The number of aryl methyl sites for hydroxylation is 2. The van der Waals surface area contributed by atoms with Crippen molar-refractivity contribution in [2.24, 2.45) is 7.05 Å². The zero-order chi connectivity index (χ0) is 18.5. The molecule has 0 radical (unpaired) electrons. The van der Waals surface area contributed by atoms with Gasteiger partial charge in [-0.05, 0) is 38.8 Å². The summed E-state index contributed by atoms with van der Waals surface area (Å²) in [5.74, 6) is 4.60. The first-order chi connectivity index (χ1) is 13.1. The molecule has 140 valence electrons. The molecule has 0 aliphatic carbocycles. The van der Waals surface area contributed by atoms with Crippen LogP contribution in [0.3, 0.4) is 0 Å². The fourth-order valence-corrected chi connectivity index (χ4v) is 4.48. The van der Waals surface area contributed by atoms with Crippen LogP contribution < -0.4 is 9.80 Å². The lowest BCUT2D eigenvalue weighted by Gasteiger charge is -2.40. The Morgan fingerprint density at radius 3 is 2.56 bits per heavy atom. The van der Waals surface area contributed by atoms with E-state index in [1.807, 2.05) is 6.92 Å². The van der Waals surface area contributed by atoms with E-state index >= 15 is 0 Å². The fourth-order valence-electron chi connectivity index (χ4n) is 4.48. The monoisotopic (exact) mass is 362 g/mol. The molecule has 2 aliphatic heterocycles. The van der Waals surface area contributed by atoms with Crippen LogP contribution in [-0.2, 0) is 7.05 Å². The van der Waals surface area contributed by atoms with Gasteiger partial charge in [0.1, 0.15) is 23.3 Å². The molecular weight excluding hydrogens is 336 g/mol. The van der Waals surface area contributed by atoms with Crippen molar-refractivity contribution in [1.82, 2.24) is 19.5 Å². The van der Waals surface area contributed by atoms with E-state index in [4.69, 9.17) is 15.0 Å². The Balaban J connectivity index is 1.37. The molecule has 2 aliphatic rings. The average Bonchev–Trinajstić information content (AvgIpc) is 3.18. The van der Waals surface area contributed by atoms with Crippen molar-refractivity contribution in [2.45, 2.75) is 38.6 Å². The lowest BCUT2D eigenvalue weighted by molar-refractivity contribution is 0.485. The number of hydrogen-bond donors (Lipinski definition) is 0. The van der Waals surface area contributed by atoms with Crippen molar-refractivity contribution in [1.29, 1.82) is 0 Å². The minimum Gasteiger partial charge on any atom is -0.355 e. The summed E-state index contributed by atoms with van der Waals surface area (Å²) in [6.07, 6.45) is 2.49. The van der Waals surface area contributed by atoms with Crippen LogP contribution in [0.2, 0.25) is 0 Å². The van der Waals surface area contributed by atoms with Gasteiger partial charge in [-0.15, -0.1) is 0 Å². The van der Waals surface area contributed by atoms with Gasteiger partial charge in [-0.25, -0.2) is 15.0 Å². The van der Waals surface area contributed by atoms with E-state index in [0.717, 1.165) is 42.6 Å². The van der Waals surface area contributed by atoms with Crippen LogP contribution in [0.4, 0.5) is 11.6 Å². The van der Waals surface area contributed by atoms with Crippen LogP contribution in [0.15, 0.2) is 30.3 Å². The number of fused-ring (bicyclic) bond motifs is 1. The topological polar surface area (TPSA) is 50.1 Å². The maximum absolute atomic E-state index is 4.87. The summed E-state index contributed by atoms with van der Waals surface area (Å²) < 4.78 is 2.24. The van der Waals surface area contributed by atoms with Gasteiger partial charge in [-0.1, -0.05) is 12.1 Å². The molecule has 0 saturated carbocycles. The summed E-state index contributed by atoms with van der Waals surface area (Å²) >= 11 is 0. The zero-order valence-electron chi connectivity index (χ0n) is 16.3. The van der Waals surface area contributed by atoms with Crippen molar-refractivity contribution in [3.63, 3.8) is 0 Å². The second-order valence-corrected chi connectivity index (χ2v) is 7.94. The van der Waals surface area contributed by atoms with Crippen molar-refractivity contribution in [2.75, 3.05) is 29.4 Å². The smallest absolute Gasteiger partial charge is 0.134 e. The Morgan fingerprint density at radius 1 is 1.04 bits per heavy atom. The van der Waals surface area contributed by atoms with Crippen molar-refractivity contribution >= 4 is 22.7 Å². The third-order valence-corrected chi connectivity index (χ3v) is 6.05. The first kappa shape index (κ1) is 16.5. The molecule has 0 spiro atoms. The van der Waals surface area contributed by atoms with Gasteiger partial charge in [-0.2, -0.15) is 0 Å². The van der Waals surface area contributed by atoms with Crippen LogP contribution >= 0.6 is 0 Å². The highest BCUT2D eigenvalue weighted by Gasteiger charge is 2.33. The fraction of sp³-hybridized carbons (Fsp3) is 0.476. The molecule has 2 fully saturated rings. The van der Waals surface area contributed by atoms with E-state index in [1.165, 1.54) is 24.2 Å². The highest BCUT2D eigenvalue weighted by molar-refractivity contribution is 5.76. The Labute approximate surface area is 159 Å². The first-order valence-corrected chi connectivity index (χ1v) is 9.89. The largest absolute Gasteiger partial charge is 0.355 e. The lowest BCUT2D eigenvalue weighted by Crippen LogP contribution is -2.46. The Kier molecular flexibility index (Phi) is 3.81. The molecule has 0 bridgehead atoms. The average molecular weight is 362 g/mol. The van der Waals surface area contributed by atoms with E-state index in [1.54, 1.807) is 0 Å². The molecule has 0 N–H and O–H groups in total. The zero-order valence-corrected chi connectivity index (χ0v) is 16.3. The number of hydrogen-bond acceptors (Lipinski definition) is 5. The number of rotatable bonds is 3. The summed E-state index contributed by atoms with van der Waals surface area (Å²) in [6.45, 7) is 7.30. The first-order valence-electron chi connectivity index (χ1n) is 9.89. The molecule has 0 amide bonds. The van der Waals surface area contributed by atoms with Crippen LogP contribution in [0.5, 0.6) is 0 Å². The van der Waals surface area contributed by atoms with Gasteiger partial charge < -0.3 is 14.4 Å². The summed E-state index contributed by atoms with van der Waals surface area (Å²) in [5.41, 5.74) is 2.28. The molecule has 4 heterocycles. The van der Waals surface area contributed by atoms with E-state index in [9.17, 15) is 0 Å². The standard InChI is InChI=1S/C21H26N6/c1-14-7-6-10-27(14)20-11-19(22-15(2)23-20)26-12-16(13-26)21-24-17-8-4-5-9-18(17)25(21)3/h4-5,8-9,11,14,16H,6-7,10,12-13H2,1-3H3. The van der Waals surface area contributed by atoms with E-state index in [-0.39, 0.29) is 0 Å². The van der Waals surface area contributed by atoms with Gasteiger partial charge in [0.15, 0.2) is 0 Å². The number of aromatic nitrogens is 4. The van der Waals surface area contributed by atoms with E-state index in [2.05, 4.69) is 58.7 Å². The van der Waals surface area contributed by atoms with E-state index in [0.29, 0.717) is 12.0 Å². The van der Waals surface area contributed by atoms with Crippen LogP contribution in [-0.4, -0.2) is 45.2 Å². The molecule has 2 aromatic heterocycles. The maximum Gasteiger partial charge on any atom is 0.134 e. The molecule has 6 heteroatoms. The van der Waals surface area contributed by atoms with Crippen molar-refractivity contribution in [3.05, 3.63) is 42.0 Å². The van der Waals surface area contributed by atoms with E-state index < -0.39 is 0 Å². The van der Waals surface area contributed by atoms with Gasteiger partial charge in [0.25, 0.3) is 0 Å². The van der Waals surface area contributed by atoms with Crippen molar-refractivity contribution in [3.8, 4) is 0 Å². The normalized spacial score (nSPS) is 20.5. The molecule has 1 atom stereocenters. The predicted molar refractivity (Wildman–Crippen MR) is 108 cm³/mol. The van der Waals surface area contributed by atoms with Gasteiger partial charge >= 0.3 is 0 Å². The van der Waals surface area contributed by atoms with Gasteiger partial charge in [0.2, 0.25) is 0 Å². The molecule has 1 aromatic carbocycles. The summed E-state index contributed by atoms with van der Waals surface area (Å²) in [4.78, 5) is 19.0. The lowest BCUT2D eigenvalue weighted by atomic mass is 9.99. The quantitative estimate of drug-likeness (QED) is 0.716. The van der Waals surface area contributed by atoms with Crippen molar-refractivity contribution < 1.29 is 0 Å².